The Morgan fingerprint density at radius 1 is 1.38 bits per heavy atom. The third kappa shape index (κ3) is 6.17. The predicted molar refractivity (Wildman–Crippen MR) is 118 cm³/mol. The van der Waals surface area contributed by atoms with Gasteiger partial charge in [-0.2, -0.15) is 0 Å². The van der Waals surface area contributed by atoms with Crippen LogP contribution in [0.15, 0.2) is 30.2 Å². The molecule has 3 N–H and O–H groups in total. The Labute approximate surface area is 187 Å². The van der Waals surface area contributed by atoms with Crippen molar-refractivity contribution >= 4 is 17.4 Å². The van der Waals surface area contributed by atoms with Gasteiger partial charge in [-0.15, -0.1) is 0 Å². The van der Waals surface area contributed by atoms with Crippen molar-refractivity contribution < 1.29 is 24.3 Å². The molecule has 1 aliphatic carbocycles. The van der Waals surface area contributed by atoms with E-state index in [0.29, 0.717) is 37.9 Å². The van der Waals surface area contributed by atoms with Crippen molar-refractivity contribution in [2.75, 3.05) is 31.6 Å². The molecule has 10 nitrogen and oxygen atoms in total. The Kier molecular flexibility index (Phi) is 8.81. The highest BCUT2D eigenvalue weighted by molar-refractivity contribution is 5.91. The highest BCUT2D eigenvalue weighted by Gasteiger charge is 2.42. The maximum absolute atomic E-state index is 12.8. The minimum absolute atomic E-state index is 0.0765. The van der Waals surface area contributed by atoms with E-state index in [-0.39, 0.29) is 35.8 Å². The quantitative estimate of drug-likeness (QED) is 0.252. The standard InChI is InChI=1S/C22H32N4O6/c1-2-31-22-17(7-4-12-27)18(15-5-3-6-15)13-19(32-22)21(28)24-11-10-23-20-9-8-16(14-25-20)26(29)30/h8-9,13-15,17-18,22,27H,2-7,10-12H2,1H3,(H,23,25)(H,24,28)/t17-,18-,22-/m0/s1. The number of aliphatic hydroxyl groups is 1. The number of nitro groups is 1. The first kappa shape index (κ1) is 23.9. The average Bonchev–Trinajstić information content (AvgIpc) is 2.75. The number of amides is 1. The number of aliphatic hydroxyl groups excluding tert-OH is 1. The van der Waals surface area contributed by atoms with E-state index in [1.165, 1.54) is 24.8 Å². The van der Waals surface area contributed by atoms with Gasteiger partial charge in [0.05, 0.1) is 4.92 Å². The molecule has 2 heterocycles. The third-order valence-corrected chi connectivity index (χ3v) is 6.05. The van der Waals surface area contributed by atoms with Crippen LogP contribution in [0, 0.1) is 27.9 Å². The van der Waals surface area contributed by atoms with E-state index < -0.39 is 11.2 Å². The fraction of sp³-hybridized carbons (Fsp3) is 0.636. The molecule has 0 unspecified atom stereocenters. The van der Waals surface area contributed by atoms with Crippen LogP contribution < -0.4 is 10.6 Å². The molecule has 3 rings (SSSR count). The van der Waals surface area contributed by atoms with Gasteiger partial charge in [0.15, 0.2) is 5.76 Å². The molecule has 3 atom stereocenters. The Morgan fingerprint density at radius 3 is 2.78 bits per heavy atom. The molecule has 1 amide bonds. The topological polar surface area (TPSA) is 136 Å². The summed E-state index contributed by atoms with van der Waals surface area (Å²) in [4.78, 5) is 26.9. The van der Waals surface area contributed by atoms with Crippen molar-refractivity contribution in [1.82, 2.24) is 10.3 Å². The number of anilines is 1. The van der Waals surface area contributed by atoms with Gasteiger partial charge < -0.3 is 25.2 Å². The Bertz CT molecular complexity index is 796. The fourth-order valence-electron chi connectivity index (χ4n) is 4.20. The van der Waals surface area contributed by atoms with E-state index in [1.807, 2.05) is 13.0 Å². The second kappa shape index (κ2) is 11.8. The Balaban J connectivity index is 1.56. The number of carbonyl (C=O) groups excluding carboxylic acids is 1. The van der Waals surface area contributed by atoms with Crippen LogP contribution in [0.1, 0.15) is 39.0 Å². The molecule has 1 saturated carbocycles. The van der Waals surface area contributed by atoms with Gasteiger partial charge in [-0.25, -0.2) is 4.98 Å². The molecule has 0 aromatic carbocycles. The SMILES string of the molecule is CCO[C@H]1OC(C(=O)NCCNc2ccc([N+](=O)[O-])cn2)=C[C@@H](C2CCC2)[C@@H]1CCCO. The molecule has 2 aliphatic rings. The fourth-order valence-corrected chi connectivity index (χ4v) is 4.20. The lowest BCUT2D eigenvalue weighted by molar-refractivity contribution is -0.385. The van der Waals surface area contributed by atoms with E-state index in [9.17, 15) is 20.0 Å². The minimum Gasteiger partial charge on any atom is -0.459 e. The molecule has 32 heavy (non-hydrogen) atoms. The number of carbonyl (C=O) groups is 1. The summed E-state index contributed by atoms with van der Waals surface area (Å²) >= 11 is 0. The summed E-state index contributed by atoms with van der Waals surface area (Å²) in [7, 11) is 0. The number of aromatic nitrogens is 1. The van der Waals surface area contributed by atoms with Crippen LogP contribution in [0.3, 0.4) is 0 Å². The lowest BCUT2D eigenvalue weighted by Gasteiger charge is -2.43. The molecule has 1 fully saturated rings. The van der Waals surface area contributed by atoms with Gasteiger partial charge in [0.25, 0.3) is 11.6 Å². The first-order valence-electron chi connectivity index (χ1n) is 11.3. The average molecular weight is 449 g/mol. The monoisotopic (exact) mass is 448 g/mol. The number of nitrogens with zero attached hydrogens (tertiary/aromatic N) is 2. The van der Waals surface area contributed by atoms with E-state index >= 15 is 0 Å². The highest BCUT2D eigenvalue weighted by atomic mass is 16.7. The van der Waals surface area contributed by atoms with Crippen LogP contribution >= 0.6 is 0 Å². The molecule has 1 aromatic rings. The number of ether oxygens (including phenoxy) is 2. The predicted octanol–water partition coefficient (Wildman–Crippen LogP) is 2.60. The molecule has 0 saturated heterocycles. The molecule has 10 heteroatoms. The Morgan fingerprint density at radius 2 is 2.19 bits per heavy atom. The zero-order valence-electron chi connectivity index (χ0n) is 18.4. The summed E-state index contributed by atoms with van der Waals surface area (Å²) in [6.45, 7) is 3.25. The van der Waals surface area contributed by atoms with Gasteiger partial charge in [-0.05, 0) is 56.6 Å². The van der Waals surface area contributed by atoms with Crippen LogP contribution in [-0.4, -0.2) is 53.5 Å². The second-order valence-corrected chi connectivity index (χ2v) is 8.11. The highest BCUT2D eigenvalue weighted by Crippen LogP contribution is 2.44. The third-order valence-electron chi connectivity index (χ3n) is 6.05. The molecule has 0 spiro atoms. The summed E-state index contributed by atoms with van der Waals surface area (Å²) in [5, 5.41) is 25.8. The Hall–Kier alpha value is -2.72. The van der Waals surface area contributed by atoms with Crippen LogP contribution in [0.4, 0.5) is 11.5 Å². The molecule has 176 valence electrons. The van der Waals surface area contributed by atoms with Gasteiger partial charge in [0, 0.05) is 38.3 Å². The van der Waals surface area contributed by atoms with Crippen LogP contribution in [0.25, 0.3) is 0 Å². The van der Waals surface area contributed by atoms with Gasteiger partial charge >= 0.3 is 0 Å². The number of allylic oxidation sites excluding steroid dienone is 1. The smallest absolute Gasteiger partial charge is 0.287 e. The van der Waals surface area contributed by atoms with E-state index in [0.717, 1.165) is 19.3 Å². The normalized spacial score (nSPS) is 22.9. The first-order valence-corrected chi connectivity index (χ1v) is 11.3. The summed E-state index contributed by atoms with van der Waals surface area (Å²) in [5.41, 5.74) is -0.0765. The van der Waals surface area contributed by atoms with E-state index in [1.54, 1.807) is 0 Å². The molecule has 0 bridgehead atoms. The summed E-state index contributed by atoms with van der Waals surface area (Å²) < 4.78 is 11.8. The van der Waals surface area contributed by atoms with Crippen LogP contribution in [0.2, 0.25) is 0 Å². The van der Waals surface area contributed by atoms with Crippen LogP contribution in [0.5, 0.6) is 0 Å². The van der Waals surface area contributed by atoms with Gasteiger partial charge in [-0.1, -0.05) is 6.42 Å². The maximum Gasteiger partial charge on any atom is 0.287 e. The number of hydrogen-bond acceptors (Lipinski definition) is 8. The second-order valence-electron chi connectivity index (χ2n) is 8.11. The molecular formula is C22H32N4O6. The number of hydrogen-bond donors (Lipinski definition) is 3. The lowest BCUT2D eigenvalue weighted by atomic mass is 9.68. The van der Waals surface area contributed by atoms with Gasteiger partial charge in [-0.3, -0.25) is 14.9 Å². The first-order chi connectivity index (χ1) is 15.5. The minimum atomic E-state index is -0.504. The van der Waals surface area contributed by atoms with Gasteiger partial charge in [0.2, 0.25) is 6.29 Å². The van der Waals surface area contributed by atoms with Crippen molar-refractivity contribution in [3.05, 3.63) is 40.3 Å². The summed E-state index contributed by atoms with van der Waals surface area (Å²) in [5.74, 6) is 1.32. The van der Waals surface area contributed by atoms with E-state index in [2.05, 4.69) is 15.6 Å². The molecule has 1 aliphatic heterocycles. The van der Waals surface area contributed by atoms with Gasteiger partial charge in [0.1, 0.15) is 12.0 Å². The maximum atomic E-state index is 12.8. The number of pyridine rings is 1. The molecule has 1 aromatic heterocycles. The van der Waals surface area contributed by atoms with Crippen molar-refractivity contribution in [2.24, 2.45) is 17.8 Å². The lowest BCUT2D eigenvalue weighted by Crippen LogP contribution is -2.43. The van der Waals surface area contributed by atoms with Crippen LogP contribution in [-0.2, 0) is 14.3 Å². The zero-order valence-corrected chi connectivity index (χ0v) is 18.4. The van der Waals surface area contributed by atoms with Crippen molar-refractivity contribution in [3.63, 3.8) is 0 Å². The van der Waals surface area contributed by atoms with Crippen molar-refractivity contribution in [3.8, 4) is 0 Å². The van der Waals surface area contributed by atoms with Crippen molar-refractivity contribution in [2.45, 2.75) is 45.3 Å². The summed E-state index contributed by atoms with van der Waals surface area (Å²) in [6.07, 6.45) is 7.58. The number of rotatable bonds is 12. The molecular weight excluding hydrogens is 416 g/mol. The number of nitrogens with one attached hydrogen (secondary N) is 2. The largest absolute Gasteiger partial charge is 0.459 e. The zero-order chi connectivity index (χ0) is 22.9. The summed E-state index contributed by atoms with van der Waals surface area (Å²) in [6, 6.07) is 2.89. The molecule has 0 radical (unpaired) electrons. The van der Waals surface area contributed by atoms with E-state index in [4.69, 9.17) is 9.47 Å². The van der Waals surface area contributed by atoms with Crippen molar-refractivity contribution in [1.29, 1.82) is 0 Å².